The molecule has 2 nitrogen and oxygen atoms in total. The second kappa shape index (κ2) is 4.53. The Hall–Kier alpha value is -0.910. The van der Waals surface area contributed by atoms with Crippen molar-refractivity contribution in [2.75, 3.05) is 0 Å². The molecule has 2 aromatic rings. The van der Waals surface area contributed by atoms with Crippen LogP contribution in [0, 0.1) is 9.52 Å². The number of aromatic nitrogens is 2. The maximum Gasteiger partial charge on any atom is 0.131 e. The largest absolute Gasteiger partial charge is 0.281 e. The first kappa shape index (κ1) is 11.6. The van der Waals surface area contributed by atoms with Crippen molar-refractivity contribution in [3.05, 3.63) is 39.5 Å². The van der Waals surface area contributed by atoms with Gasteiger partial charge in [-0.05, 0) is 46.2 Å². The molecule has 1 heterocycles. The molecular formula is C12H12FIN2. The summed E-state index contributed by atoms with van der Waals surface area (Å²) in [5, 5.41) is 7.24. The lowest BCUT2D eigenvalue weighted by molar-refractivity contribution is 0.628. The monoisotopic (exact) mass is 330 g/mol. The van der Waals surface area contributed by atoms with E-state index in [1.807, 2.05) is 0 Å². The van der Waals surface area contributed by atoms with Crippen molar-refractivity contribution in [3.8, 4) is 11.1 Å². The SMILES string of the molecule is CC(C)c1[nH]nc(I)c1-c1ccc(F)cc1. The van der Waals surface area contributed by atoms with E-state index in [0.717, 1.165) is 20.5 Å². The summed E-state index contributed by atoms with van der Waals surface area (Å²) in [7, 11) is 0. The standard InChI is InChI=1S/C12H12FIN2/c1-7(2)11-10(12(14)16-15-11)8-3-5-9(13)6-4-8/h3-7H,1-2H3,(H,15,16). The molecule has 0 radical (unpaired) electrons. The quantitative estimate of drug-likeness (QED) is 0.830. The van der Waals surface area contributed by atoms with Gasteiger partial charge in [0.05, 0.1) is 0 Å². The topological polar surface area (TPSA) is 28.7 Å². The van der Waals surface area contributed by atoms with Crippen LogP contribution < -0.4 is 0 Å². The van der Waals surface area contributed by atoms with Gasteiger partial charge >= 0.3 is 0 Å². The smallest absolute Gasteiger partial charge is 0.131 e. The van der Waals surface area contributed by atoms with E-state index in [9.17, 15) is 4.39 Å². The van der Waals surface area contributed by atoms with Crippen molar-refractivity contribution >= 4 is 22.6 Å². The lowest BCUT2D eigenvalue weighted by Crippen LogP contribution is -1.91. The normalized spacial score (nSPS) is 11.1. The molecule has 16 heavy (non-hydrogen) atoms. The minimum atomic E-state index is -0.214. The number of halogens is 2. The molecule has 0 aliphatic carbocycles. The predicted molar refractivity (Wildman–Crippen MR) is 70.8 cm³/mol. The first-order valence-electron chi connectivity index (χ1n) is 5.09. The number of hydrogen-bond donors (Lipinski definition) is 1. The molecule has 0 bridgehead atoms. The van der Waals surface area contributed by atoms with E-state index in [0.29, 0.717) is 5.92 Å². The third-order valence-corrected chi connectivity index (χ3v) is 3.24. The van der Waals surface area contributed by atoms with E-state index in [1.54, 1.807) is 12.1 Å². The average Bonchev–Trinajstić information content (AvgIpc) is 2.62. The van der Waals surface area contributed by atoms with Gasteiger partial charge in [0.25, 0.3) is 0 Å². The second-order valence-electron chi connectivity index (χ2n) is 3.96. The molecule has 0 atom stereocenters. The summed E-state index contributed by atoms with van der Waals surface area (Å²) >= 11 is 2.19. The van der Waals surface area contributed by atoms with Crippen molar-refractivity contribution in [1.82, 2.24) is 10.2 Å². The molecule has 0 amide bonds. The molecule has 4 heteroatoms. The fraction of sp³-hybridized carbons (Fsp3) is 0.250. The number of rotatable bonds is 2. The Morgan fingerprint density at radius 3 is 2.44 bits per heavy atom. The van der Waals surface area contributed by atoms with Crippen molar-refractivity contribution in [3.63, 3.8) is 0 Å². The molecule has 84 valence electrons. The molecule has 1 aromatic carbocycles. The highest BCUT2D eigenvalue weighted by Crippen LogP contribution is 2.31. The van der Waals surface area contributed by atoms with Gasteiger partial charge in [0, 0.05) is 11.3 Å². The summed E-state index contributed by atoms with van der Waals surface area (Å²) in [5.74, 6) is 0.157. The van der Waals surface area contributed by atoms with Crippen LogP contribution in [0.15, 0.2) is 24.3 Å². The first-order valence-corrected chi connectivity index (χ1v) is 6.17. The summed E-state index contributed by atoms with van der Waals surface area (Å²) < 4.78 is 13.8. The van der Waals surface area contributed by atoms with Gasteiger partial charge in [-0.2, -0.15) is 5.10 Å². The average molecular weight is 330 g/mol. The van der Waals surface area contributed by atoms with E-state index >= 15 is 0 Å². The molecule has 0 saturated heterocycles. The van der Waals surface area contributed by atoms with Gasteiger partial charge in [-0.15, -0.1) is 0 Å². The number of H-pyrrole nitrogens is 1. The highest BCUT2D eigenvalue weighted by molar-refractivity contribution is 14.1. The highest BCUT2D eigenvalue weighted by atomic mass is 127. The Labute approximate surface area is 107 Å². The van der Waals surface area contributed by atoms with Gasteiger partial charge in [0.1, 0.15) is 9.52 Å². The van der Waals surface area contributed by atoms with Crippen molar-refractivity contribution in [1.29, 1.82) is 0 Å². The van der Waals surface area contributed by atoms with Crippen LogP contribution in [-0.2, 0) is 0 Å². The van der Waals surface area contributed by atoms with Gasteiger partial charge in [0.2, 0.25) is 0 Å². The van der Waals surface area contributed by atoms with Gasteiger partial charge in [-0.1, -0.05) is 26.0 Å². The fourth-order valence-electron chi connectivity index (χ4n) is 1.64. The summed E-state index contributed by atoms with van der Waals surface area (Å²) in [4.78, 5) is 0. The van der Waals surface area contributed by atoms with E-state index in [4.69, 9.17) is 0 Å². The molecule has 0 aliphatic heterocycles. The maximum absolute atomic E-state index is 12.9. The Morgan fingerprint density at radius 2 is 1.88 bits per heavy atom. The van der Waals surface area contributed by atoms with Crippen LogP contribution in [0.2, 0.25) is 0 Å². The minimum Gasteiger partial charge on any atom is -0.281 e. The van der Waals surface area contributed by atoms with Crippen LogP contribution in [0.1, 0.15) is 25.5 Å². The Morgan fingerprint density at radius 1 is 1.25 bits per heavy atom. The minimum absolute atomic E-state index is 0.214. The molecule has 1 N–H and O–H groups in total. The van der Waals surface area contributed by atoms with Gasteiger partial charge in [-0.25, -0.2) is 4.39 Å². The molecule has 0 aliphatic rings. The number of nitrogens with zero attached hydrogens (tertiary/aromatic N) is 1. The van der Waals surface area contributed by atoms with Crippen LogP contribution in [0.3, 0.4) is 0 Å². The van der Waals surface area contributed by atoms with Gasteiger partial charge in [-0.3, -0.25) is 5.10 Å². The zero-order valence-corrected chi connectivity index (χ0v) is 11.2. The summed E-state index contributed by atoms with van der Waals surface area (Å²) in [5.41, 5.74) is 3.18. The molecule has 1 aromatic heterocycles. The molecule has 2 rings (SSSR count). The number of nitrogens with one attached hydrogen (secondary N) is 1. The van der Waals surface area contributed by atoms with E-state index in [-0.39, 0.29) is 5.82 Å². The lowest BCUT2D eigenvalue weighted by Gasteiger charge is -2.06. The van der Waals surface area contributed by atoms with Gasteiger partial charge in [0.15, 0.2) is 0 Å². The first-order chi connectivity index (χ1) is 7.59. The fourth-order valence-corrected chi connectivity index (χ4v) is 2.36. The predicted octanol–water partition coefficient (Wildman–Crippen LogP) is 3.94. The van der Waals surface area contributed by atoms with Crippen molar-refractivity contribution < 1.29 is 4.39 Å². The Balaban J connectivity index is 2.54. The van der Waals surface area contributed by atoms with E-state index in [1.165, 1.54) is 12.1 Å². The molecule has 0 unspecified atom stereocenters. The maximum atomic E-state index is 12.9. The van der Waals surface area contributed by atoms with Crippen molar-refractivity contribution in [2.24, 2.45) is 0 Å². The number of hydrogen-bond acceptors (Lipinski definition) is 1. The zero-order chi connectivity index (χ0) is 11.7. The Kier molecular flexibility index (Phi) is 3.28. The third-order valence-electron chi connectivity index (χ3n) is 2.46. The van der Waals surface area contributed by atoms with Crippen LogP contribution >= 0.6 is 22.6 Å². The third kappa shape index (κ3) is 2.11. The molecule has 0 saturated carbocycles. The zero-order valence-electron chi connectivity index (χ0n) is 9.09. The molecule has 0 spiro atoms. The van der Waals surface area contributed by atoms with Gasteiger partial charge < -0.3 is 0 Å². The van der Waals surface area contributed by atoms with E-state index < -0.39 is 0 Å². The summed E-state index contributed by atoms with van der Waals surface area (Å²) in [6.45, 7) is 4.22. The Bertz CT molecular complexity index is 488. The summed E-state index contributed by atoms with van der Waals surface area (Å²) in [6.07, 6.45) is 0. The molecule has 0 fully saturated rings. The van der Waals surface area contributed by atoms with Crippen LogP contribution in [0.25, 0.3) is 11.1 Å². The van der Waals surface area contributed by atoms with Crippen LogP contribution in [0.4, 0.5) is 4.39 Å². The van der Waals surface area contributed by atoms with Crippen LogP contribution in [0.5, 0.6) is 0 Å². The van der Waals surface area contributed by atoms with Crippen molar-refractivity contribution in [2.45, 2.75) is 19.8 Å². The van der Waals surface area contributed by atoms with E-state index in [2.05, 4.69) is 46.6 Å². The second-order valence-corrected chi connectivity index (χ2v) is 4.99. The lowest BCUT2D eigenvalue weighted by atomic mass is 10.0. The number of aromatic amines is 1. The molecular weight excluding hydrogens is 318 g/mol. The number of benzene rings is 1. The van der Waals surface area contributed by atoms with Crippen LogP contribution in [-0.4, -0.2) is 10.2 Å². The highest BCUT2D eigenvalue weighted by Gasteiger charge is 2.15. The summed E-state index contributed by atoms with van der Waals surface area (Å²) in [6, 6.07) is 6.52.